The van der Waals surface area contributed by atoms with Crippen molar-refractivity contribution in [3.8, 4) is 5.75 Å². The van der Waals surface area contributed by atoms with Crippen molar-refractivity contribution < 1.29 is 35.9 Å². The van der Waals surface area contributed by atoms with E-state index >= 15 is 0 Å². The van der Waals surface area contributed by atoms with Gasteiger partial charge in [0.2, 0.25) is 0 Å². The highest BCUT2D eigenvalue weighted by molar-refractivity contribution is 6.46. The van der Waals surface area contributed by atoms with Crippen molar-refractivity contribution in [3.05, 3.63) is 89.5 Å². The molecule has 1 atom stereocenters. The average Bonchev–Trinajstić information content (AvgIpc) is 3.60. The highest BCUT2D eigenvalue weighted by atomic mass is 19.4. The number of hydrogen-bond acceptors (Lipinski definition) is 3. The summed E-state index contributed by atoms with van der Waals surface area (Å²) in [5, 5.41) is 0. The molecule has 0 bridgehead atoms. The molecule has 5 rings (SSSR count). The van der Waals surface area contributed by atoms with Gasteiger partial charge in [-0.05, 0) is 79.1 Å². The summed E-state index contributed by atoms with van der Waals surface area (Å²) in [6.07, 6.45) is -6.89. The van der Waals surface area contributed by atoms with E-state index in [1.807, 2.05) is 0 Å². The van der Waals surface area contributed by atoms with Gasteiger partial charge in [-0.15, -0.1) is 0 Å². The fraction of sp³-hybridized carbons (Fsp3) is 0.259. The molecule has 1 amide bonds. The molecule has 0 radical (unpaired) electrons. The van der Waals surface area contributed by atoms with E-state index in [0.717, 1.165) is 37.1 Å². The van der Waals surface area contributed by atoms with Crippen LogP contribution in [0.2, 0.25) is 0 Å². The van der Waals surface area contributed by atoms with Gasteiger partial charge in [-0.25, -0.2) is 4.99 Å². The average molecular weight is 518 g/mol. The van der Waals surface area contributed by atoms with Crippen molar-refractivity contribution in [1.29, 1.82) is 0 Å². The molecule has 1 aliphatic carbocycles. The van der Waals surface area contributed by atoms with Crippen LogP contribution in [0.1, 0.15) is 42.0 Å². The van der Waals surface area contributed by atoms with Gasteiger partial charge in [0, 0.05) is 12.1 Å². The highest BCUT2D eigenvalue weighted by Gasteiger charge is 2.40. The highest BCUT2D eigenvalue weighted by Crippen LogP contribution is 2.40. The molecule has 1 heterocycles. The van der Waals surface area contributed by atoms with Crippen molar-refractivity contribution in [2.45, 2.75) is 43.8 Å². The van der Waals surface area contributed by atoms with E-state index in [0.29, 0.717) is 11.3 Å². The van der Waals surface area contributed by atoms with Crippen molar-refractivity contribution in [2.24, 2.45) is 4.99 Å². The van der Waals surface area contributed by atoms with Crippen LogP contribution in [-0.2, 0) is 17.1 Å². The molecule has 2 aliphatic rings. The zero-order valence-electron chi connectivity index (χ0n) is 19.2. The van der Waals surface area contributed by atoms with E-state index < -0.39 is 35.4 Å². The predicted molar refractivity (Wildman–Crippen MR) is 125 cm³/mol. The molecule has 0 spiro atoms. The topological polar surface area (TPSA) is 41.9 Å². The summed E-state index contributed by atoms with van der Waals surface area (Å²) in [5.74, 6) is 0.0751. The molecule has 1 saturated carbocycles. The van der Waals surface area contributed by atoms with E-state index in [1.165, 1.54) is 29.2 Å². The lowest BCUT2D eigenvalue weighted by molar-refractivity contribution is -0.138. The normalized spacial score (nSPS) is 19.5. The number of ether oxygens (including phenoxy) is 1. The quantitative estimate of drug-likeness (QED) is 0.328. The minimum atomic E-state index is -4.53. The number of aliphatic imine (C=N–C) groups is 1. The molecule has 37 heavy (non-hydrogen) atoms. The van der Waals surface area contributed by atoms with Crippen LogP contribution in [-0.4, -0.2) is 17.7 Å². The van der Waals surface area contributed by atoms with Crippen LogP contribution >= 0.6 is 0 Å². The first-order valence-corrected chi connectivity index (χ1v) is 11.5. The SMILES string of the molecule is O=C1C(=Nc2ccc(C(F)(F)F)cc2)CC(c2cccc(OC3CC3)c2)N1c1ccc(C(F)(F)F)cc1. The van der Waals surface area contributed by atoms with Crippen molar-refractivity contribution in [3.63, 3.8) is 0 Å². The summed E-state index contributed by atoms with van der Waals surface area (Å²) >= 11 is 0. The Balaban J connectivity index is 1.50. The summed E-state index contributed by atoms with van der Waals surface area (Å²) in [4.78, 5) is 19.1. The van der Waals surface area contributed by atoms with Gasteiger partial charge in [0.15, 0.2) is 0 Å². The van der Waals surface area contributed by atoms with Crippen LogP contribution in [0.5, 0.6) is 5.75 Å². The van der Waals surface area contributed by atoms with Gasteiger partial charge in [-0.1, -0.05) is 12.1 Å². The lowest BCUT2D eigenvalue weighted by atomic mass is 10.0. The van der Waals surface area contributed by atoms with Crippen molar-refractivity contribution in [2.75, 3.05) is 4.90 Å². The molecule has 192 valence electrons. The van der Waals surface area contributed by atoms with Crippen LogP contribution in [0.3, 0.4) is 0 Å². The number of carbonyl (C=O) groups is 1. The second kappa shape index (κ2) is 9.24. The summed E-state index contributed by atoms with van der Waals surface area (Å²) in [6.45, 7) is 0. The monoisotopic (exact) mass is 518 g/mol. The lowest BCUT2D eigenvalue weighted by Gasteiger charge is -2.25. The summed E-state index contributed by atoms with van der Waals surface area (Å²) in [7, 11) is 0. The third-order valence-corrected chi connectivity index (χ3v) is 6.17. The largest absolute Gasteiger partial charge is 0.490 e. The van der Waals surface area contributed by atoms with Crippen molar-refractivity contribution >= 4 is 23.0 Å². The number of anilines is 1. The van der Waals surface area contributed by atoms with Gasteiger partial charge in [0.1, 0.15) is 11.5 Å². The molecule has 1 unspecified atom stereocenters. The first-order chi connectivity index (χ1) is 17.5. The van der Waals surface area contributed by atoms with E-state index in [-0.39, 0.29) is 29.6 Å². The maximum Gasteiger partial charge on any atom is 0.416 e. The van der Waals surface area contributed by atoms with Gasteiger partial charge < -0.3 is 4.74 Å². The molecule has 4 nitrogen and oxygen atoms in total. The fourth-order valence-corrected chi connectivity index (χ4v) is 4.17. The Bertz CT molecular complexity index is 1330. The Morgan fingerprint density at radius 2 is 1.41 bits per heavy atom. The Morgan fingerprint density at radius 1 is 0.811 bits per heavy atom. The number of benzene rings is 3. The number of nitrogens with zero attached hydrogens (tertiary/aromatic N) is 2. The molecular weight excluding hydrogens is 498 g/mol. The second-order valence-electron chi connectivity index (χ2n) is 8.93. The summed E-state index contributed by atoms with van der Waals surface area (Å²) < 4.78 is 83.8. The van der Waals surface area contributed by atoms with Crippen LogP contribution in [0, 0.1) is 0 Å². The minimum Gasteiger partial charge on any atom is -0.490 e. The van der Waals surface area contributed by atoms with E-state index in [4.69, 9.17) is 4.74 Å². The number of hydrogen-bond donors (Lipinski definition) is 0. The second-order valence-corrected chi connectivity index (χ2v) is 8.93. The molecular formula is C27H20F6N2O2. The van der Waals surface area contributed by atoms with E-state index in [9.17, 15) is 31.1 Å². The number of amides is 1. The molecule has 1 saturated heterocycles. The third-order valence-electron chi connectivity index (χ3n) is 6.17. The zero-order valence-corrected chi connectivity index (χ0v) is 19.2. The molecule has 0 aromatic heterocycles. The first kappa shape index (κ1) is 24.9. The predicted octanol–water partition coefficient (Wildman–Crippen LogP) is 7.52. The molecule has 1 aliphatic heterocycles. The van der Waals surface area contributed by atoms with Crippen LogP contribution in [0.25, 0.3) is 0 Å². The molecule has 2 fully saturated rings. The molecule has 3 aromatic carbocycles. The summed E-state index contributed by atoms with van der Waals surface area (Å²) in [5.41, 5.74) is -0.504. The molecule has 3 aromatic rings. The van der Waals surface area contributed by atoms with Crippen LogP contribution < -0.4 is 9.64 Å². The Kier molecular flexibility index (Phi) is 6.21. The van der Waals surface area contributed by atoms with Gasteiger partial charge in [-0.2, -0.15) is 26.3 Å². The Hall–Kier alpha value is -3.82. The maximum atomic E-state index is 13.4. The minimum absolute atomic E-state index is 0.0816. The van der Waals surface area contributed by atoms with E-state index in [1.54, 1.807) is 24.3 Å². The van der Waals surface area contributed by atoms with Gasteiger partial charge in [0.25, 0.3) is 5.91 Å². The number of halogens is 6. The van der Waals surface area contributed by atoms with Gasteiger partial charge in [0.05, 0.1) is 29.0 Å². The summed E-state index contributed by atoms with van der Waals surface area (Å²) in [6, 6.07) is 14.9. The third kappa shape index (κ3) is 5.47. The van der Waals surface area contributed by atoms with Gasteiger partial charge in [-0.3, -0.25) is 9.69 Å². The Labute approximate surface area is 208 Å². The van der Waals surface area contributed by atoms with Crippen molar-refractivity contribution in [1.82, 2.24) is 0 Å². The molecule has 10 heteroatoms. The fourth-order valence-electron chi connectivity index (χ4n) is 4.17. The van der Waals surface area contributed by atoms with Gasteiger partial charge >= 0.3 is 12.4 Å². The molecule has 0 N–H and O–H groups in total. The van der Waals surface area contributed by atoms with Crippen LogP contribution in [0.4, 0.5) is 37.7 Å². The van der Waals surface area contributed by atoms with E-state index in [2.05, 4.69) is 4.99 Å². The number of alkyl halides is 6. The smallest absolute Gasteiger partial charge is 0.416 e. The first-order valence-electron chi connectivity index (χ1n) is 11.5. The number of rotatable bonds is 5. The number of carbonyl (C=O) groups excluding carboxylic acids is 1. The standard InChI is InChI=1S/C27H20F6N2O2/c28-26(29,30)17-4-8-19(9-5-17)34-23-15-24(16-2-1-3-22(14-16)37-21-12-13-21)35(25(23)36)20-10-6-18(7-11-20)27(31,32)33/h1-11,14,21,24H,12-13,15H2. The van der Waals surface area contributed by atoms with Crippen LogP contribution in [0.15, 0.2) is 77.8 Å². The Morgan fingerprint density at radius 3 is 1.97 bits per heavy atom. The maximum absolute atomic E-state index is 13.4. The zero-order chi connectivity index (χ0) is 26.4. The lowest BCUT2D eigenvalue weighted by Crippen LogP contribution is -2.29.